The average molecular weight is 203 g/mol. The Balaban J connectivity index is 2.15. The number of nitrogens with zero attached hydrogens (tertiary/aromatic N) is 1. The third-order valence-electron chi connectivity index (χ3n) is 2.99. The van der Waals surface area contributed by atoms with Gasteiger partial charge in [-0.1, -0.05) is 0 Å². The highest BCUT2D eigenvalue weighted by molar-refractivity contribution is 5.86. The fourth-order valence-electron chi connectivity index (χ4n) is 1.83. The molecule has 2 aromatic rings. The van der Waals surface area contributed by atoms with Crippen molar-refractivity contribution in [3.63, 3.8) is 0 Å². The Kier molecular flexibility index (Phi) is 1.46. The van der Waals surface area contributed by atoms with Crippen LogP contribution >= 0.6 is 0 Å². The van der Waals surface area contributed by atoms with Gasteiger partial charge < -0.3 is 9.52 Å². The summed E-state index contributed by atoms with van der Waals surface area (Å²) in [6.45, 7) is 0. The van der Waals surface area contributed by atoms with Gasteiger partial charge in [0, 0.05) is 5.39 Å². The highest BCUT2D eigenvalue weighted by Crippen LogP contribution is 2.47. The summed E-state index contributed by atoms with van der Waals surface area (Å²) in [5.41, 5.74) is 0.606. The summed E-state index contributed by atoms with van der Waals surface area (Å²) in [5, 5.41) is 10.0. The fraction of sp³-hybridized carbons (Fsp3) is 0.273. The molecule has 4 heteroatoms. The van der Waals surface area contributed by atoms with E-state index in [0.717, 1.165) is 5.39 Å². The molecule has 0 radical (unpaired) electrons. The molecule has 0 bridgehead atoms. The van der Waals surface area contributed by atoms with Crippen LogP contribution in [0.4, 0.5) is 0 Å². The molecule has 2 heterocycles. The Morgan fingerprint density at radius 1 is 1.53 bits per heavy atom. The van der Waals surface area contributed by atoms with E-state index in [4.69, 9.17) is 9.52 Å². The van der Waals surface area contributed by atoms with Crippen molar-refractivity contribution in [2.45, 2.75) is 18.3 Å². The van der Waals surface area contributed by atoms with Crippen LogP contribution in [0.2, 0.25) is 0 Å². The first-order valence-corrected chi connectivity index (χ1v) is 4.79. The summed E-state index contributed by atoms with van der Waals surface area (Å²) in [5.74, 6) is -0.780. The second-order valence-electron chi connectivity index (χ2n) is 3.92. The molecule has 1 saturated carbocycles. The van der Waals surface area contributed by atoms with Gasteiger partial charge in [-0.05, 0) is 25.0 Å². The standard InChI is InChI=1S/C11H9NO3/c13-10(14)11(2-3-11)9-5-7-1-4-15-8(7)6-12-9/h1,4-6H,2-3H2,(H,13,14). The van der Waals surface area contributed by atoms with Crippen molar-refractivity contribution >= 4 is 16.9 Å². The summed E-state index contributed by atoms with van der Waals surface area (Å²) in [6.07, 6.45) is 4.53. The molecule has 15 heavy (non-hydrogen) atoms. The first kappa shape index (κ1) is 8.47. The lowest BCUT2D eigenvalue weighted by Crippen LogP contribution is -2.20. The number of carboxylic acid groups (broad SMARTS) is 1. The smallest absolute Gasteiger partial charge is 0.315 e. The van der Waals surface area contributed by atoms with Crippen LogP contribution in [0.15, 0.2) is 29.0 Å². The lowest BCUT2D eigenvalue weighted by molar-refractivity contribution is -0.140. The maximum atomic E-state index is 11.1. The number of aromatic nitrogens is 1. The first-order chi connectivity index (χ1) is 7.22. The average Bonchev–Trinajstić information content (AvgIpc) is 2.91. The molecule has 4 nitrogen and oxygen atoms in total. The van der Waals surface area contributed by atoms with E-state index in [1.807, 2.05) is 6.07 Å². The third-order valence-corrected chi connectivity index (χ3v) is 2.99. The van der Waals surface area contributed by atoms with Gasteiger partial charge in [0.15, 0.2) is 5.58 Å². The Bertz CT molecular complexity index is 540. The van der Waals surface area contributed by atoms with Crippen LogP contribution in [0.25, 0.3) is 11.0 Å². The van der Waals surface area contributed by atoms with Crippen LogP contribution in [-0.2, 0) is 10.2 Å². The van der Waals surface area contributed by atoms with E-state index in [2.05, 4.69) is 4.98 Å². The molecular formula is C11H9NO3. The van der Waals surface area contributed by atoms with Gasteiger partial charge in [-0.25, -0.2) is 0 Å². The molecule has 0 amide bonds. The van der Waals surface area contributed by atoms with Crippen molar-refractivity contribution in [3.8, 4) is 0 Å². The molecule has 0 atom stereocenters. The molecule has 1 N–H and O–H groups in total. The summed E-state index contributed by atoms with van der Waals surface area (Å²) >= 11 is 0. The predicted molar refractivity (Wildman–Crippen MR) is 52.6 cm³/mol. The number of rotatable bonds is 2. The van der Waals surface area contributed by atoms with E-state index >= 15 is 0 Å². The van der Waals surface area contributed by atoms with Gasteiger partial charge >= 0.3 is 5.97 Å². The zero-order chi connectivity index (χ0) is 10.5. The zero-order valence-corrected chi connectivity index (χ0v) is 7.93. The second-order valence-corrected chi connectivity index (χ2v) is 3.92. The Morgan fingerprint density at radius 3 is 3.00 bits per heavy atom. The topological polar surface area (TPSA) is 63.3 Å². The summed E-state index contributed by atoms with van der Waals surface area (Å²) in [6, 6.07) is 3.62. The van der Waals surface area contributed by atoms with Crippen molar-refractivity contribution in [2.75, 3.05) is 0 Å². The molecule has 0 aliphatic heterocycles. The highest BCUT2D eigenvalue weighted by atomic mass is 16.4. The summed E-state index contributed by atoms with van der Waals surface area (Å²) in [4.78, 5) is 15.3. The number of fused-ring (bicyclic) bond motifs is 1. The molecule has 1 fully saturated rings. The van der Waals surface area contributed by atoms with Crippen LogP contribution in [0, 0.1) is 0 Å². The number of carbonyl (C=O) groups is 1. The molecule has 0 saturated heterocycles. The molecule has 0 unspecified atom stereocenters. The lowest BCUT2D eigenvalue weighted by Gasteiger charge is -2.07. The van der Waals surface area contributed by atoms with Gasteiger partial charge in [-0.15, -0.1) is 0 Å². The summed E-state index contributed by atoms with van der Waals surface area (Å²) < 4.78 is 5.16. The maximum absolute atomic E-state index is 11.1. The number of hydrogen-bond donors (Lipinski definition) is 1. The van der Waals surface area contributed by atoms with Crippen molar-refractivity contribution in [3.05, 3.63) is 30.3 Å². The Hall–Kier alpha value is -1.84. The second kappa shape index (κ2) is 2.59. The van der Waals surface area contributed by atoms with Gasteiger partial charge in [0.05, 0.1) is 18.2 Å². The largest absolute Gasteiger partial charge is 0.481 e. The van der Waals surface area contributed by atoms with Gasteiger partial charge in [0.25, 0.3) is 0 Å². The number of hydrogen-bond acceptors (Lipinski definition) is 3. The minimum atomic E-state index is -0.780. The molecular weight excluding hydrogens is 194 g/mol. The van der Waals surface area contributed by atoms with E-state index in [1.54, 1.807) is 18.5 Å². The van der Waals surface area contributed by atoms with Gasteiger partial charge in [0.2, 0.25) is 0 Å². The van der Waals surface area contributed by atoms with Gasteiger partial charge in [0.1, 0.15) is 5.41 Å². The zero-order valence-electron chi connectivity index (χ0n) is 7.93. The third kappa shape index (κ3) is 1.08. The predicted octanol–water partition coefficient (Wildman–Crippen LogP) is 1.94. The first-order valence-electron chi connectivity index (χ1n) is 4.79. The SMILES string of the molecule is O=C(O)C1(c2cc3ccoc3cn2)CC1. The van der Waals surface area contributed by atoms with E-state index in [-0.39, 0.29) is 0 Å². The molecule has 0 aromatic carbocycles. The van der Waals surface area contributed by atoms with Crippen LogP contribution < -0.4 is 0 Å². The van der Waals surface area contributed by atoms with Crippen LogP contribution in [0.3, 0.4) is 0 Å². The number of pyridine rings is 1. The quantitative estimate of drug-likeness (QED) is 0.810. The molecule has 3 rings (SSSR count). The molecule has 1 aliphatic rings. The Morgan fingerprint density at radius 2 is 2.33 bits per heavy atom. The van der Waals surface area contributed by atoms with E-state index in [9.17, 15) is 4.79 Å². The molecule has 1 aliphatic carbocycles. The molecule has 0 spiro atoms. The van der Waals surface area contributed by atoms with E-state index < -0.39 is 11.4 Å². The lowest BCUT2D eigenvalue weighted by atomic mass is 10.0. The van der Waals surface area contributed by atoms with Crippen molar-refractivity contribution in [2.24, 2.45) is 0 Å². The minimum absolute atomic E-state index is 0.643. The van der Waals surface area contributed by atoms with Crippen LogP contribution in [0.1, 0.15) is 18.5 Å². The Labute approximate surface area is 85.5 Å². The van der Waals surface area contributed by atoms with Crippen LogP contribution in [-0.4, -0.2) is 16.1 Å². The number of furan rings is 1. The van der Waals surface area contributed by atoms with Gasteiger partial charge in [-0.3, -0.25) is 9.78 Å². The van der Waals surface area contributed by atoms with E-state index in [0.29, 0.717) is 24.1 Å². The van der Waals surface area contributed by atoms with Crippen molar-refractivity contribution in [1.29, 1.82) is 0 Å². The monoisotopic (exact) mass is 203 g/mol. The van der Waals surface area contributed by atoms with Gasteiger partial charge in [-0.2, -0.15) is 0 Å². The van der Waals surface area contributed by atoms with E-state index in [1.165, 1.54) is 0 Å². The number of carboxylic acids is 1. The summed E-state index contributed by atoms with van der Waals surface area (Å²) in [7, 11) is 0. The highest BCUT2D eigenvalue weighted by Gasteiger charge is 2.53. The number of aliphatic carboxylic acids is 1. The molecule has 76 valence electrons. The maximum Gasteiger partial charge on any atom is 0.315 e. The van der Waals surface area contributed by atoms with Crippen molar-refractivity contribution in [1.82, 2.24) is 4.98 Å². The normalized spacial score (nSPS) is 17.9. The fourth-order valence-corrected chi connectivity index (χ4v) is 1.83. The van der Waals surface area contributed by atoms with Crippen LogP contribution in [0.5, 0.6) is 0 Å². The minimum Gasteiger partial charge on any atom is -0.481 e. The van der Waals surface area contributed by atoms with Crippen molar-refractivity contribution < 1.29 is 14.3 Å². The molecule has 2 aromatic heterocycles.